The molecule has 0 saturated carbocycles. The van der Waals surface area contributed by atoms with Crippen molar-refractivity contribution in [2.24, 2.45) is 0 Å². The molecule has 0 fully saturated rings. The second kappa shape index (κ2) is 7.28. The number of hydrogen-bond donors (Lipinski definition) is 1. The minimum atomic E-state index is -0.133. The highest BCUT2D eigenvalue weighted by molar-refractivity contribution is 5.95. The number of carbonyl (C=O) groups is 1. The van der Waals surface area contributed by atoms with Gasteiger partial charge in [0, 0.05) is 12.2 Å². The Bertz CT molecular complexity index is 703. The Morgan fingerprint density at radius 3 is 2.68 bits per heavy atom. The zero-order valence-electron chi connectivity index (χ0n) is 12.8. The van der Waals surface area contributed by atoms with Crippen molar-refractivity contribution in [3.05, 3.63) is 59.7 Å². The lowest BCUT2D eigenvalue weighted by molar-refractivity contribution is -0.115. The Labute approximate surface area is 131 Å². The van der Waals surface area contributed by atoms with E-state index in [-0.39, 0.29) is 12.5 Å². The van der Waals surface area contributed by atoms with E-state index in [1.165, 1.54) is 0 Å². The van der Waals surface area contributed by atoms with E-state index in [4.69, 9.17) is 5.26 Å². The van der Waals surface area contributed by atoms with Gasteiger partial charge in [-0.15, -0.1) is 0 Å². The zero-order chi connectivity index (χ0) is 15.9. The summed E-state index contributed by atoms with van der Waals surface area (Å²) < 4.78 is 0. The predicted molar refractivity (Wildman–Crippen MR) is 88.9 cm³/mol. The number of carbonyl (C=O) groups excluding carboxylic acids is 1. The summed E-state index contributed by atoms with van der Waals surface area (Å²) in [6.07, 6.45) is 0. The van der Waals surface area contributed by atoms with Crippen LogP contribution in [0.3, 0.4) is 0 Å². The highest BCUT2D eigenvalue weighted by atomic mass is 16.2. The van der Waals surface area contributed by atoms with Crippen LogP contribution >= 0.6 is 0 Å². The molecule has 4 heteroatoms. The second-order valence-electron chi connectivity index (χ2n) is 5.06. The Kier molecular flexibility index (Phi) is 5.16. The molecule has 2 aromatic rings. The Morgan fingerprint density at radius 1 is 1.23 bits per heavy atom. The lowest BCUT2D eigenvalue weighted by atomic mass is 10.2. The summed E-state index contributed by atoms with van der Waals surface area (Å²) in [6, 6.07) is 17.1. The minimum Gasteiger partial charge on any atom is -0.362 e. The molecule has 0 aliphatic heterocycles. The molecule has 0 spiro atoms. The fourth-order valence-electron chi connectivity index (χ4n) is 2.26. The largest absolute Gasteiger partial charge is 0.362 e. The first kappa shape index (κ1) is 15.6. The van der Waals surface area contributed by atoms with Crippen LogP contribution in [0.2, 0.25) is 0 Å². The van der Waals surface area contributed by atoms with Crippen molar-refractivity contribution in [2.45, 2.75) is 13.8 Å². The molecule has 0 saturated heterocycles. The third kappa shape index (κ3) is 3.86. The summed E-state index contributed by atoms with van der Waals surface area (Å²) in [5, 5.41) is 11.9. The maximum Gasteiger partial charge on any atom is 0.243 e. The Morgan fingerprint density at radius 2 is 2.00 bits per heavy atom. The molecule has 1 amide bonds. The van der Waals surface area contributed by atoms with Crippen LogP contribution in [0, 0.1) is 18.3 Å². The van der Waals surface area contributed by atoms with Gasteiger partial charge < -0.3 is 10.2 Å². The molecule has 0 bridgehead atoms. The SMILES string of the molecule is CCN(CC(=O)Nc1ccccc1C#N)c1cccc(C)c1. The van der Waals surface area contributed by atoms with E-state index in [0.29, 0.717) is 11.3 Å². The Hall–Kier alpha value is -2.80. The van der Waals surface area contributed by atoms with Gasteiger partial charge in [-0.2, -0.15) is 5.26 Å². The van der Waals surface area contributed by atoms with Crippen molar-refractivity contribution in [1.82, 2.24) is 0 Å². The average molecular weight is 293 g/mol. The molecule has 4 nitrogen and oxygen atoms in total. The van der Waals surface area contributed by atoms with Gasteiger partial charge in [-0.05, 0) is 43.7 Å². The fourth-order valence-corrected chi connectivity index (χ4v) is 2.26. The summed E-state index contributed by atoms with van der Waals surface area (Å²) in [6.45, 7) is 5.02. The number of nitriles is 1. The predicted octanol–water partition coefficient (Wildman–Crippen LogP) is 3.33. The van der Waals surface area contributed by atoms with E-state index < -0.39 is 0 Å². The van der Waals surface area contributed by atoms with Crippen molar-refractivity contribution in [3.8, 4) is 6.07 Å². The number of likely N-dealkylation sites (N-methyl/N-ethyl adjacent to an activating group) is 1. The molecule has 0 radical (unpaired) electrons. The molecule has 0 heterocycles. The average Bonchev–Trinajstić information content (AvgIpc) is 2.53. The number of rotatable bonds is 5. The first-order chi connectivity index (χ1) is 10.6. The number of hydrogen-bond acceptors (Lipinski definition) is 3. The van der Waals surface area contributed by atoms with E-state index in [1.54, 1.807) is 24.3 Å². The second-order valence-corrected chi connectivity index (χ2v) is 5.06. The van der Waals surface area contributed by atoms with Crippen LogP contribution in [0.15, 0.2) is 48.5 Å². The summed E-state index contributed by atoms with van der Waals surface area (Å²) >= 11 is 0. The van der Waals surface area contributed by atoms with Gasteiger partial charge in [0.25, 0.3) is 0 Å². The normalized spacial score (nSPS) is 9.86. The first-order valence-electron chi connectivity index (χ1n) is 7.24. The number of aryl methyl sites for hydroxylation is 1. The van der Waals surface area contributed by atoms with Crippen molar-refractivity contribution in [3.63, 3.8) is 0 Å². The monoisotopic (exact) mass is 293 g/mol. The first-order valence-corrected chi connectivity index (χ1v) is 7.24. The maximum atomic E-state index is 12.2. The van der Waals surface area contributed by atoms with Crippen LogP contribution in [0.1, 0.15) is 18.1 Å². The molecular weight excluding hydrogens is 274 g/mol. The molecule has 22 heavy (non-hydrogen) atoms. The van der Waals surface area contributed by atoms with Crippen LogP contribution in [-0.2, 0) is 4.79 Å². The third-order valence-corrected chi connectivity index (χ3v) is 3.40. The van der Waals surface area contributed by atoms with E-state index in [1.807, 2.05) is 36.9 Å². The molecule has 1 N–H and O–H groups in total. The Balaban J connectivity index is 2.08. The highest BCUT2D eigenvalue weighted by Crippen LogP contribution is 2.17. The number of nitrogens with one attached hydrogen (secondary N) is 1. The van der Waals surface area contributed by atoms with Crippen LogP contribution in [-0.4, -0.2) is 19.0 Å². The molecule has 0 aliphatic rings. The minimum absolute atomic E-state index is 0.133. The van der Waals surface area contributed by atoms with Crippen molar-refractivity contribution >= 4 is 17.3 Å². The van der Waals surface area contributed by atoms with Gasteiger partial charge in [-0.3, -0.25) is 4.79 Å². The molecule has 0 aliphatic carbocycles. The summed E-state index contributed by atoms with van der Waals surface area (Å²) in [7, 11) is 0. The molecule has 2 aromatic carbocycles. The van der Waals surface area contributed by atoms with Gasteiger partial charge in [-0.1, -0.05) is 24.3 Å². The molecule has 112 valence electrons. The van der Waals surface area contributed by atoms with Crippen LogP contribution in [0.4, 0.5) is 11.4 Å². The lowest BCUT2D eigenvalue weighted by Gasteiger charge is -2.23. The number of nitrogens with zero attached hydrogens (tertiary/aromatic N) is 2. The molecule has 0 unspecified atom stereocenters. The lowest BCUT2D eigenvalue weighted by Crippen LogP contribution is -2.33. The van der Waals surface area contributed by atoms with Gasteiger partial charge in [0.15, 0.2) is 0 Å². The van der Waals surface area contributed by atoms with E-state index in [9.17, 15) is 4.79 Å². The topological polar surface area (TPSA) is 56.1 Å². The summed E-state index contributed by atoms with van der Waals surface area (Å²) in [4.78, 5) is 14.2. The van der Waals surface area contributed by atoms with Crippen molar-refractivity contribution in [1.29, 1.82) is 5.26 Å². The fraction of sp³-hybridized carbons (Fsp3) is 0.222. The third-order valence-electron chi connectivity index (χ3n) is 3.40. The molecule has 0 atom stereocenters. The van der Waals surface area contributed by atoms with Crippen LogP contribution in [0.5, 0.6) is 0 Å². The molecule has 0 aromatic heterocycles. The van der Waals surface area contributed by atoms with Crippen molar-refractivity contribution < 1.29 is 4.79 Å². The number of para-hydroxylation sites is 1. The van der Waals surface area contributed by atoms with Gasteiger partial charge in [0.2, 0.25) is 5.91 Å². The van der Waals surface area contributed by atoms with Gasteiger partial charge >= 0.3 is 0 Å². The zero-order valence-corrected chi connectivity index (χ0v) is 12.8. The van der Waals surface area contributed by atoms with Gasteiger partial charge in [-0.25, -0.2) is 0 Å². The standard InChI is InChI=1S/C18H19N3O/c1-3-21(16-9-6-7-14(2)11-16)13-18(22)20-17-10-5-4-8-15(17)12-19/h4-11H,3,13H2,1-2H3,(H,20,22). The number of anilines is 2. The van der Waals surface area contributed by atoms with E-state index >= 15 is 0 Å². The number of benzene rings is 2. The molecule has 2 rings (SSSR count). The number of amides is 1. The van der Waals surface area contributed by atoms with Crippen molar-refractivity contribution in [2.75, 3.05) is 23.3 Å². The molecular formula is C18H19N3O. The summed E-state index contributed by atoms with van der Waals surface area (Å²) in [5.41, 5.74) is 3.20. The smallest absolute Gasteiger partial charge is 0.243 e. The highest BCUT2D eigenvalue weighted by Gasteiger charge is 2.11. The summed E-state index contributed by atoms with van der Waals surface area (Å²) in [5.74, 6) is -0.133. The maximum absolute atomic E-state index is 12.2. The van der Waals surface area contributed by atoms with Crippen LogP contribution < -0.4 is 10.2 Å². The van der Waals surface area contributed by atoms with E-state index in [2.05, 4.69) is 17.5 Å². The van der Waals surface area contributed by atoms with Gasteiger partial charge in [0.1, 0.15) is 6.07 Å². The van der Waals surface area contributed by atoms with Gasteiger partial charge in [0.05, 0.1) is 17.8 Å². The van der Waals surface area contributed by atoms with Crippen LogP contribution in [0.25, 0.3) is 0 Å². The van der Waals surface area contributed by atoms with E-state index in [0.717, 1.165) is 17.8 Å². The quantitative estimate of drug-likeness (QED) is 0.920.